The maximum absolute atomic E-state index is 12.9. The Bertz CT molecular complexity index is 765. The lowest BCUT2D eigenvalue weighted by Gasteiger charge is -2.23. The summed E-state index contributed by atoms with van der Waals surface area (Å²) in [6, 6.07) is 23.1. The first-order valence-electron chi connectivity index (χ1n) is 7.71. The van der Waals surface area contributed by atoms with Gasteiger partial charge >= 0.3 is 0 Å². The third-order valence-electron chi connectivity index (χ3n) is 3.66. The van der Waals surface area contributed by atoms with E-state index in [1.54, 1.807) is 23.2 Å². The standard InChI is InChI=1S/C20H17ClN2O/c21-18-11-12-22-19(13-18)20(24)23(14-16-7-3-1-4-8-16)15-17-9-5-2-6-10-17/h1-13H,14-15H2. The maximum Gasteiger partial charge on any atom is 0.273 e. The molecule has 0 aliphatic carbocycles. The van der Waals surface area contributed by atoms with Crippen molar-refractivity contribution in [1.82, 2.24) is 9.88 Å². The van der Waals surface area contributed by atoms with Crippen LogP contribution < -0.4 is 0 Å². The fourth-order valence-electron chi connectivity index (χ4n) is 2.49. The number of hydrogen-bond donors (Lipinski definition) is 0. The van der Waals surface area contributed by atoms with E-state index < -0.39 is 0 Å². The van der Waals surface area contributed by atoms with Crippen LogP contribution in [0.3, 0.4) is 0 Å². The van der Waals surface area contributed by atoms with Crippen LogP contribution in [0.4, 0.5) is 0 Å². The molecule has 0 saturated heterocycles. The molecule has 0 bridgehead atoms. The largest absolute Gasteiger partial charge is 0.329 e. The van der Waals surface area contributed by atoms with Gasteiger partial charge in [0, 0.05) is 24.3 Å². The van der Waals surface area contributed by atoms with E-state index in [9.17, 15) is 4.79 Å². The fourth-order valence-corrected chi connectivity index (χ4v) is 2.65. The number of carbonyl (C=O) groups excluding carboxylic acids is 1. The minimum atomic E-state index is -0.134. The van der Waals surface area contributed by atoms with Crippen molar-refractivity contribution in [3.63, 3.8) is 0 Å². The molecular formula is C20H17ClN2O. The van der Waals surface area contributed by atoms with Crippen LogP contribution in [0.1, 0.15) is 21.6 Å². The summed E-state index contributed by atoms with van der Waals surface area (Å²) < 4.78 is 0. The SMILES string of the molecule is O=C(c1cc(Cl)ccn1)N(Cc1ccccc1)Cc1ccccc1. The first kappa shape index (κ1) is 16.2. The van der Waals surface area contributed by atoms with E-state index in [1.807, 2.05) is 60.7 Å². The van der Waals surface area contributed by atoms with Crippen molar-refractivity contribution in [2.24, 2.45) is 0 Å². The molecule has 3 aromatic rings. The highest BCUT2D eigenvalue weighted by molar-refractivity contribution is 6.30. The third kappa shape index (κ3) is 4.21. The Labute approximate surface area is 146 Å². The molecule has 0 N–H and O–H groups in total. The number of aromatic nitrogens is 1. The second kappa shape index (κ2) is 7.75. The number of pyridine rings is 1. The number of hydrogen-bond acceptors (Lipinski definition) is 2. The van der Waals surface area contributed by atoms with Gasteiger partial charge in [0.1, 0.15) is 5.69 Å². The number of carbonyl (C=O) groups is 1. The Morgan fingerprint density at radius 3 is 1.92 bits per heavy atom. The zero-order valence-electron chi connectivity index (χ0n) is 13.1. The zero-order valence-corrected chi connectivity index (χ0v) is 13.9. The predicted octanol–water partition coefficient (Wildman–Crippen LogP) is 4.58. The average Bonchev–Trinajstić information content (AvgIpc) is 2.62. The number of rotatable bonds is 5. The minimum absolute atomic E-state index is 0.134. The van der Waals surface area contributed by atoms with Crippen molar-refractivity contribution in [3.05, 3.63) is 101 Å². The van der Waals surface area contributed by atoms with Crippen molar-refractivity contribution in [2.45, 2.75) is 13.1 Å². The van der Waals surface area contributed by atoms with E-state index in [0.29, 0.717) is 23.8 Å². The van der Waals surface area contributed by atoms with Crippen LogP contribution in [0.5, 0.6) is 0 Å². The first-order chi connectivity index (χ1) is 11.7. The number of amides is 1. The Morgan fingerprint density at radius 1 is 0.875 bits per heavy atom. The Kier molecular flexibility index (Phi) is 5.24. The molecule has 0 radical (unpaired) electrons. The summed E-state index contributed by atoms with van der Waals surface area (Å²) in [7, 11) is 0. The molecule has 0 fully saturated rings. The fraction of sp³-hybridized carbons (Fsp3) is 0.100. The molecule has 0 spiro atoms. The van der Waals surface area contributed by atoms with Gasteiger partial charge in [0.25, 0.3) is 5.91 Å². The smallest absolute Gasteiger partial charge is 0.273 e. The van der Waals surface area contributed by atoms with E-state index in [0.717, 1.165) is 11.1 Å². The van der Waals surface area contributed by atoms with Crippen LogP contribution in [0, 0.1) is 0 Å². The Hall–Kier alpha value is -2.65. The number of halogens is 1. The van der Waals surface area contributed by atoms with Gasteiger partial charge in [-0.2, -0.15) is 0 Å². The summed E-state index contributed by atoms with van der Waals surface area (Å²) in [5.74, 6) is -0.134. The second-order valence-electron chi connectivity index (χ2n) is 5.49. The van der Waals surface area contributed by atoms with Crippen molar-refractivity contribution < 1.29 is 4.79 Å². The normalized spacial score (nSPS) is 10.4. The van der Waals surface area contributed by atoms with Gasteiger partial charge in [-0.25, -0.2) is 0 Å². The van der Waals surface area contributed by atoms with Crippen LogP contribution in [0.25, 0.3) is 0 Å². The van der Waals surface area contributed by atoms with E-state index in [1.165, 1.54) is 0 Å². The third-order valence-corrected chi connectivity index (χ3v) is 3.90. The van der Waals surface area contributed by atoms with E-state index >= 15 is 0 Å². The van der Waals surface area contributed by atoms with E-state index in [4.69, 9.17) is 11.6 Å². The van der Waals surface area contributed by atoms with Gasteiger partial charge in [-0.1, -0.05) is 72.3 Å². The molecule has 1 amide bonds. The number of nitrogens with zero attached hydrogens (tertiary/aromatic N) is 2. The summed E-state index contributed by atoms with van der Waals surface area (Å²) in [6.45, 7) is 1.03. The highest BCUT2D eigenvalue weighted by Crippen LogP contribution is 2.15. The van der Waals surface area contributed by atoms with Crippen molar-refractivity contribution in [2.75, 3.05) is 0 Å². The molecule has 3 rings (SSSR count). The molecule has 1 aromatic heterocycles. The topological polar surface area (TPSA) is 33.2 Å². The highest BCUT2D eigenvalue weighted by Gasteiger charge is 2.18. The predicted molar refractivity (Wildman–Crippen MR) is 95.7 cm³/mol. The second-order valence-corrected chi connectivity index (χ2v) is 5.93. The lowest BCUT2D eigenvalue weighted by Crippen LogP contribution is -2.30. The van der Waals surface area contributed by atoms with Crippen LogP contribution in [0.2, 0.25) is 5.02 Å². The average molecular weight is 337 g/mol. The molecule has 2 aromatic carbocycles. The molecule has 0 aliphatic rings. The Morgan fingerprint density at radius 2 is 1.42 bits per heavy atom. The summed E-state index contributed by atoms with van der Waals surface area (Å²) >= 11 is 6.00. The molecule has 24 heavy (non-hydrogen) atoms. The van der Waals surface area contributed by atoms with Crippen LogP contribution in [-0.2, 0) is 13.1 Å². The van der Waals surface area contributed by atoms with E-state index in [-0.39, 0.29) is 5.91 Å². The van der Waals surface area contributed by atoms with E-state index in [2.05, 4.69) is 4.98 Å². The van der Waals surface area contributed by atoms with Crippen LogP contribution in [-0.4, -0.2) is 15.8 Å². The van der Waals surface area contributed by atoms with Gasteiger partial charge in [-0.3, -0.25) is 9.78 Å². The van der Waals surface area contributed by atoms with Crippen molar-refractivity contribution in [1.29, 1.82) is 0 Å². The summed E-state index contributed by atoms with van der Waals surface area (Å²) in [5.41, 5.74) is 2.50. The van der Waals surface area contributed by atoms with Gasteiger partial charge in [-0.15, -0.1) is 0 Å². The van der Waals surface area contributed by atoms with Gasteiger partial charge in [0.05, 0.1) is 0 Å². The van der Waals surface area contributed by atoms with Crippen molar-refractivity contribution in [3.8, 4) is 0 Å². The molecular weight excluding hydrogens is 320 g/mol. The molecule has 0 saturated carbocycles. The van der Waals surface area contributed by atoms with Crippen molar-refractivity contribution >= 4 is 17.5 Å². The minimum Gasteiger partial charge on any atom is -0.329 e. The highest BCUT2D eigenvalue weighted by atomic mass is 35.5. The van der Waals surface area contributed by atoms with Gasteiger partial charge in [-0.05, 0) is 23.3 Å². The summed E-state index contributed by atoms with van der Waals surface area (Å²) in [6.07, 6.45) is 1.55. The molecule has 1 heterocycles. The summed E-state index contributed by atoms with van der Waals surface area (Å²) in [4.78, 5) is 18.9. The van der Waals surface area contributed by atoms with Crippen LogP contribution in [0.15, 0.2) is 79.0 Å². The molecule has 0 aliphatic heterocycles. The van der Waals surface area contributed by atoms with Crippen LogP contribution >= 0.6 is 11.6 Å². The monoisotopic (exact) mass is 336 g/mol. The van der Waals surface area contributed by atoms with Gasteiger partial charge < -0.3 is 4.90 Å². The lowest BCUT2D eigenvalue weighted by molar-refractivity contribution is 0.0724. The Balaban J connectivity index is 1.87. The molecule has 0 atom stereocenters. The maximum atomic E-state index is 12.9. The van der Waals surface area contributed by atoms with Gasteiger partial charge in [0.15, 0.2) is 0 Å². The van der Waals surface area contributed by atoms with Gasteiger partial charge in [0.2, 0.25) is 0 Å². The quantitative estimate of drug-likeness (QED) is 0.683. The number of benzene rings is 2. The lowest BCUT2D eigenvalue weighted by atomic mass is 10.1. The molecule has 120 valence electrons. The molecule has 3 nitrogen and oxygen atoms in total. The first-order valence-corrected chi connectivity index (χ1v) is 8.09. The summed E-state index contributed by atoms with van der Waals surface area (Å²) in [5, 5.41) is 0.507. The zero-order chi connectivity index (χ0) is 16.8. The molecule has 0 unspecified atom stereocenters. The molecule has 4 heteroatoms.